The van der Waals surface area contributed by atoms with Crippen LogP contribution in [-0.4, -0.2) is 60.4 Å². The highest BCUT2D eigenvalue weighted by Gasteiger charge is 2.26. The Morgan fingerprint density at radius 2 is 2.04 bits per heavy atom. The zero-order chi connectivity index (χ0) is 19.5. The fourth-order valence-corrected chi connectivity index (χ4v) is 4.50. The second-order valence-corrected chi connectivity index (χ2v) is 8.48. The maximum absolute atomic E-state index is 11.9. The van der Waals surface area contributed by atoms with Gasteiger partial charge in [-0.2, -0.15) is 4.98 Å². The number of amides is 2. The minimum atomic E-state index is -0.362. The summed E-state index contributed by atoms with van der Waals surface area (Å²) in [6.07, 6.45) is 7.47. The molecule has 8 nitrogen and oxygen atoms in total. The Bertz CT molecular complexity index is 787. The van der Waals surface area contributed by atoms with E-state index in [1.165, 1.54) is 6.42 Å². The lowest BCUT2D eigenvalue weighted by Crippen LogP contribution is -2.44. The van der Waals surface area contributed by atoms with E-state index in [9.17, 15) is 9.59 Å². The third-order valence-corrected chi connectivity index (χ3v) is 6.27. The molecule has 3 fully saturated rings. The van der Waals surface area contributed by atoms with Crippen LogP contribution in [0.15, 0.2) is 11.0 Å². The summed E-state index contributed by atoms with van der Waals surface area (Å²) in [4.78, 5) is 37.8. The largest absolute Gasteiger partial charge is 0.355 e. The number of thioether (sulfide) groups is 1. The van der Waals surface area contributed by atoms with Gasteiger partial charge in [-0.25, -0.2) is 4.98 Å². The first-order valence-corrected chi connectivity index (χ1v) is 10.7. The number of hydrogen-bond acceptors (Lipinski definition) is 8. The molecule has 0 saturated carbocycles. The highest BCUT2D eigenvalue weighted by Crippen LogP contribution is 2.28. The minimum absolute atomic E-state index is 0.341. The molecule has 3 aliphatic heterocycles. The molecule has 9 heteroatoms. The summed E-state index contributed by atoms with van der Waals surface area (Å²) in [5.74, 6) is 1.19. The van der Waals surface area contributed by atoms with Crippen molar-refractivity contribution in [1.82, 2.24) is 20.6 Å². The Labute approximate surface area is 169 Å². The molecule has 0 spiro atoms. The van der Waals surface area contributed by atoms with Gasteiger partial charge in [0.25, 0.3) is 11.1 Å². The molecule has 3 saturated heterocycles. The summed E-state index contributed by atoms with van der Waals surface area (Å²) in [7, 11) is 2.07. The van der Waals surface area contributed by atoms with E-state index in [0.29, 0.717) is 22.6 Å². The number of nitrogens with zero attached hydrogens (tertiary/aromatic N) is 4. The van der Waals surface area contributed by atoms with Crippen molar-refractivity contribution in [3.63, 3.8) is 0 Å². The number of carbonyl (C=O) groups is 2. The van der Waals surface area contributed by atoms with E-state index < -0.39 is 0 Å². The molecular weight excluding hydrogens is 376 g/mol. The second kappa shape index (κ2) is 8.48. The van der Waals surface area contributed by atoms with Crippen molar-refractivity contribution in [1.29, 1.82) is 0 Å². The highest BCUT2D eigenvalue weighted by atomic mass is 32.2. The number of carbonyl (C=O) groups excluding carboxylic acids is 2. The van der Waals surface area contributed by atoms with Gasteiger partial charge in [0.2, 0.25) is 5.95 Å². The fourth-order valence-electron chi connectivity index (χ4n) is 3.84. The van der Waals surface area contributed by atoms with Crippen LogP contribution in [0.4, 0.5) is 16.6 Å². The quantitative estimate of drug-likeness (QED) is 0.739. The molecule has 1 aromatic rings. The summed E-state index contributed by atoms with van der Waals surface area (Å²) in [6, 6.07) is 2.29. The van der Waals surface area contributed by atoms with Gasteiger partial charge in [-0.05, 0) is 56.5 Å². The Balaban J connectivity index is 1.67. The topological polar surface area (TPSA) is 90.5 Å². The summed E-state index contributed by atoms with van der Waals surface area (Å²) in [5.41, 5.74) is 0.661. The van der Waals surface area contributed by atoms with Crippen LogP contribution < -0.4 is 20.4 Å². The van der Waals surface area contributed by atoms with Crippen molar-refractivity contribution in [2.45, 2.75) is 38.1 Å². The molecule has 1 unspecified atom stereocenters. The number of likely N-dealkylation sites (N-methyl/N-ethyl adjacent to an activating group) is 1. The first-order chi connectivity index (χ1) is 13.6. The Hall–Kier alpha value is -2.13. The smallest absolute Gasteiger partial charge is 0.290 e. The number of anilines is 2. The zero-order valence-electron chi connectivity index (χ0n) is 16.1. The van der Waals surface area contributed by atoms with Gasteiger partial charge >= 0.3 is 0 Å². The SMILES string of the molecule is CN(c1cc(/C=C2/SC(=O)NC2=O)nc(N2CCCCC2)n1)C1CCCNC1. The number of piperidine rings is 2. The average molecular weight is 403 g/mol. The van der Waals surface area contributed by atoms with E-state index in [-0.39, 0.29) is 11.1 Å². The maximum atomic E-state index is 11.9. The predicted octanol–water partition coefficient (Wildman–Crippen LogP) is 1.98. The molecule has 0 bridgehead atoms. The summed E-state index contributed by atoms with van der Waals surface area (Å²) < 4.78 is 0. The van der Waals surface area contributed by atoms with Crippen LogP contribution in [-0.2, 0) is 4.79 Å². The normalized spacial score (nSPS) is 24.5. The summed E-state index contributed by atoms with van der Waals surface area (Å²) >= 11 is 0.916. The first-order valence-electron chi connectivity index (χ1n) is 9.92. The summed E-state index contributed by atoms with van der Waals surface area (Å²) in [5, 5.41) is 5.40. The monoisotopic (exact) mass is 402 g/mol. The van der Waals surface area contributed by atoms with Gasteiger partial charge in [-0.3, -0.25) is 14.9 Å². The van der Waals surface area contributed by atoms with Crippen molar-refractivity contribution in [3.05, 3.63) is 16.7 Å². The van der Waals surface area contributed by atoms with Crippen LogP contribution in [0.25, 0.3) is 6.08 Å². The van der Waals surface area contributed by atoms with E-state index in [4.69, 9.17) is 9.97 Å². The van der Waals surface area contributed by atoms with Crippen LogP contribution in [0.1, 0.15) is 37.8 Å². The number of imide groups is 1. The van der Waals surface area contributed by atoms with Crippen LogP contribution in [0.2, 0.25) is 0 Å². The molecule has 0 aliphatic carbocycles. The summed E-state index contributed by atoms with van der Waals surface area (Å²) in [6.45, 7) is 3.89. The minimum Gasteiger partial charge on any atom is -0.355 e. The van der Waals surface area contributed by atoms with Gasteiger partial charge in [0.05, 0.1) is 10.6 Å². The second-order valence-electron chi connectivity index (χ2n) is 7.46. The zero-order valence-corrected chi connectivity index (χ0v) is 16.9. The van der Waals surface area contributed by atoms with Gasteiger partial charge in [0.15, 0.2) is 0 Å². The van der Waals surface area contributed by atoms with Crippen LogP contribution in [0, 0.1) is 0 Å². The Morgan fingerprint density at radius 1 is 1.21 bits per heavy atom. The Kier molecular flexibility index (Phi) is 5.82. The molecule has 2 amide bonds. The predicted molar refractivity (Wildman–Crippen MR) is 111 cm³/mol. The number of rotatable bonds is 4. The number of nitrogens with one attached hydrogen (secondary N) is 2. The molecule has 4 rings (SSSR count). The van der Waals surface area contributed by atoms with Crippen molar-refractivity contribution < 1.29 is 9.59 Å². The van der Waals surface area contributed by atoms with Crippen molar-refractivity contribution in [3.8, 4) is 0 Å². The van der Waals surface area contributed by atoms with Crippen molar-refractivity contribution in [2.24, 2.45) is 0 Å². The first kappa shape index (κ1) is 19.2. The van der Waals surface area contributed by atoms with E-state index in [2.05, 4.69) is 27.5 Å². The standard InChI is InChI=1S/C19H26N6O2S/c1-24(14-6-5-7-20-12-14)16-11-13(10-15-17(26)23-19(27)28-15)21-18(22-16)25-8-3-2-4-9-25/h10-11,14,20H,2-9,12H2,1H3,(H,23,26,27)/b15-10+. The highest BCUT2D eigenvalue weighted by molar-refractivity contribution is 8.18. The van der Waals surface area contributed by atoms with Crippen LogP contribution >= 0.6 is 11.8 Å². The molecule has 1 aromatic heterocycles. The van der Waals surface area contributed by atoms with E-state index in [0.717, 1.165) is 69.4 Å². The molecule has 3 aliphatic rings. The lowest BCUT2D eigenvalue weighted by Gasteiger charge is -2.33. The molecule has 2 N–H and O–H groups in total. The van der Waals surface area contributed by atoms with Gasteiger partial charge in [0, 0.05) is 38.8 Å². The third-order valence-electron chi connectivity index (χ3n) is 5.46. The van der Waals surface area contributed by atoms with Gasteiger partial charge in [-0.1, -0.05) is 0 Å². The fraction of sp³-hybridized carbons (Fsp3) is 0.579. The molecule has 4 heterocycles. The van der Waals surface area contributed by atoms with Gasteiger partial charge in [-0.15, -0.1) is 0 Å². The lowest BCUT2D eigenvalue weighted by molar-refractivity contribution is -0.115. The molecule has 0 radical (unpaired) electrons. The average Bonchev–Trinajstić information content (AvgIpc) is 3.05. The van der Waals surface area contributed by atoms with Gasteiger partial charge < -0.3 is 15.1 Å². The molecule has 150 valence electrons. The van der Waals surface area contributed by atoms with Gasteiger partial charge in [0.1, 0.15) is 5.82 Å². The van der Waals surface area contributed by atoms with E-state index in [1.54, 1.807) is 6.08 Å². The lowest BCUT2D eigenvalue weighted by atomic mass is 10.1. The Morgan fingerprint density at radius 3 is 2.71 bits per heavy atom. The molecule has 1 atom stereocenters. The van der Waals surface area contributed by atoms with Crippen LogP contribution in [0.3, 0.4) is 0 Å². The van der Waals surface area contributed by atoms with Crippen LogP contribution in [0.5, 0.6) is 0 Å². The van der Waals surface area contributed by atoms with E-state index >= 15 is 0 Å². The third kappa shape index (κ3) is 4.30. The molecule has 28 heavy (non-hydrogen) atoms. The maximum Gasteiger partial charge on any atom is 0.290 e. The number of hydrogen-bond donors (Lipinski definition) is 2. The van der Waals surface area contributed by atoms with Crippen molar-refractivity contribution in [2.75, 3.05) is 43.0 Å². The number of aromatic nitrogens is 2. The molecule has 0 aromatic carbocycles. The van der Waals surface area contributed by atoms with E-state index in [1.807, 2.05) is 6.07 Å². The van der Waals surface area contributed by atoms with Crippen molar-refractivity contribution >= 4 is 40.8 Å². The molecular formula is C19H26N6O2S.